The Morgan fingerprint density at radius 1 is 1.03 bits per heavy atom. The molecule has 0 radical (unpaired) electrons. The van der Waals surface area contributed by atoms with Gasteiger partial charge in [-0.25, -0.2) is 4.39 Å². The second-order valence-electron chi connectivity index (χ2n) is 8.61. The summed E-state index contributed by atoms with van der Waals surface area (Å²) in [7, 11) is 0. The number of benzene rings is 2. The summed E-state index contributed by atoms with van der Waals surface area (Å²) in [6.07, 6.45) is 7.58. The van der Waals surface area contributed by atoms with Crippen LogP contribution in [-0.2, 0) is 6.54 Å². The quantitative estimate of drug-likeness (QED) is 0.433. The van der Waals surface area contributed by atoms with Crippen molar-refractivity contribution in [3.63, 3.8) is 0 Å². The van der Waals surface area contributed by atoms with E-state index in [4.69, 9.17) is 0 Å². The maximum atomic E-state index is 14.8. The van der Waals surface area contributed by atoms with E-state index in [-0.39, 0.29) is 11.7 Å². The molecule has 1 saturated heterocycles. The minimum Gasteiger partial charge on any atom is -0.361 e. The van der Waals surface area contributed by atoms with Crippen LogP contribution in [0.3, 0.4) is 0 Å². The SMILES string of the molecule is O=C(c1ccncc1)N(CCN1CCCC1)Cc1ccc(F)c(-c2ccc3[nH]ccc3c2)c1. The zero-order valence-corrected chi connectivity index (χ0v) is 18.5. The fraction of sp³-hybridized carbons (Fsp3) is 0.259. The summed E-state index contributed by atoms with van der Waals surface area (Å²) in [5.41, 5.74) is 3.92. The average molecular weight is 443 g/mol. The van der Waals surface area contributed by atoms with E-state index in [9.17, 15) is 9.18 Å². The van der Waals surface area contributed by atoms with Crippen molar-refractivity contribution >= 4 is 16.8 Å². The number of pyridine rings is 1. The Hall–Kier alpha value is -3.51. The number of carbonyl (C=O) groups is 1. The van der Waals surface area contributed by atoms with Crippen molar-refractivity contribution in [2.24, 2.45) is 0 Å². The summed E-state index contributed by atoms with van der Waals surface area (Å²) in [5, 5.41) is 1.04. The molecule has 1 N–H and O–H groups in total. The number of carbonyl (C=O) groups excluding carboxylic acids is 1. The molecule has 4 aromatic rings. The monoisotopic (exact) mass is 442 g/mol. The fourth-order valence-corrected chi connectivity index (χ4v) is 4.53. The van der Waals surface area contributed by atoms with Gasteiger partial charge in [-0.15, -0.1) is 0 Å². The third kappa shape index (κ3) is 4.81. The van der Waals surface area contributed by atoms with Gasteiger partial charge in [-0.05, 0) is 84.9 Å². The van der Waals surface area contributed by atoms with Crippen molar-refractivity contribution in [1.29, 1.82) is 0 Å². The Morgan fingerprint density at radius 2 is 1.85 bits per heavy atom. The molecule has 168 valence electrons. The minimum absolute atomic E-state index is 0.0313. The van der Waals surface area contributed by atoms with Crippen molar-refractivity contribution in [2.75, 3.05) is 26.2 Å². The molecule has 5 nitrogen and oxygen atoms in total. The number of fused-ring (bicyclic) bond motifs is 1. The van der Waals surface area contributed by atoms with E-state index in [2.05, 4.69) is 14.9 Å². The molecule has 0 aliphatic carbocycles. The van der Waals surface area contributed by atoms with E-state index >= 15 is 0 Å². The van der Waals surface area contributed by atoms with Crippen LogP contribution in [0.5, 0.6) is 0 Å². The summed E-state index contributed by atoms with van der Waals surface area (Å²) >= 11 is 0. The van der Waals surface area contributed by atoms with Crippen LogP contribution >= 0.6 is 0 Å². The average Bonchev–Trinajstić information content (AvgIpc) is 3.54. The smallest absolute Gasteiger partial charge is 0.254 e. The molecule has 3 heterocycles. The first kappa shape index (κ1) is 21.3. The number of nitrogens with one attached hydrogen (secondary N) is 1. The fourth-order valence-electron chi connectivity index (χ4n) is 4.53. The molecule has 2 aromatic heterocycles. The number of aromatic nitrogens is 2. The molecule has 2 aromatic carbocycles. The van der Waals surface area contributed by atoms with E-state index in [1.807, 2.05) is 41.4 Å². The number of H-pyrrole nitrogens is 1. The molecule has 1 amide bonds. The van der Waals surface area contributed by atoms with Gasteiger partial charge >= 0.3 is 0 Å². The summed E-state index contributed by atoms with van der Waals surface area (Å²) in [6, 6.07) is 16.5. The van der Waals surface area contributed by atoms with Gasteiger partial charge in [0.2, 0.25) is 0 Å². The van der Waals surface area contributed by atoms with Gasteiger partial charge in [0.1, 0.15) is 5.82 Å². The van der Waals surface area contributed by atoms with Gasteiger partial charge in [-0.1, -0.05) is 12.1 Å². The highest BCUT2D eigenvalue weighted by molar-refractivity contribution is 5.94. The van der Waals surface area contributed by atoms with Crippen LogP contribution < -0.4 is 0 Å². The third-order valence-electron chi connectivity index (χ3n) is 6.37. The first-order chi connectivity index (χ1) is 16.2. The second kappa shape index (κ2) is 9.55. The second-order valence-corrected chi connectivity index (χ2v) is 8.61. The van der Waals surface area contributed by atoms with Crippen molar-refractivity contribution in [1.82, 2.24) is 19.8 Å². The summed E-state index contributed by atoms with van der Waals surface area (Å²) in [6.45, 7) is 4.06. The molecule has 0 saturated carbocycles. The molecule has 1 aliphatic heterocycles. The number of halogens is 1. The lowest BCUT2D eigenvalue weighted by Crippen LogP contribution is -2.37. The van der Waals surface area contributed by atoms with Crippen molar-refractivity contribution in [2.45, 2.75) is 19.4 Å². The summed E-state index contributed by atoms with van der Waals surface area (Å²) < 4.78 is 14.8. The first-order valence-electron chi connectivity index (χ1n) is 11.4. The van der Waals surface area contributed by atoms with E-state index in [0.717, 1.165) is 41.7 Å². The van der Waals surface area contributed by atoms with E-state index < -0.39 is 0 Å². The molecule has 0 bridgehead atoms. The molecule has 0 atom stereocenters. The van der Waals surface area contributed by atoms with Crippen LogP contribution in [0.4, 0.5) is 4.39 Å². The molecule has 6 heteroatoms. The van der Waals surface area contributed by atoms with Crippen LogP contribution in [0.15, 0.2) is 73.2 Å². The van der Waals surface area contributed by atoms with Crippen LogP contribution in [0.2, 0.25) is 0 Å². The number of nitrogens with zero attached hydrogens (tertiary/aromatic N) is 3. The molecule has 33 heavy (non-hydrogen) atoms. The summed E-state index contributed by atoms with van der Waals surface area (Å²) in [5.74, 6) is -0.297. The Labute approximate surface area is 192 Å². The number of rotatable bonds is 7. The molecule has 1 fully saturated rings. The van der Waals surface area contributed by atoms with Gasteiger partial charge in [0.05, 0.1) is 0 Å². The van der Waals surface area contributed by atoms with Crippen LogP contribution in [-0.4, -0.2) is 51.9 Å². The van der Waals surface area contributed by atoms with Gasteiger partial charge in [0.15, 0.2) is 0 Å². The third-order valence-corrected chi connectivity index (χ3v) is 6.37. The zero-order chi connectivity index (χ0) is 22.6. The van der Waals surface area contributed by atoms with E-state index in [1.54, 1.807) is 30.6 Å². The summed E-state index contributed by atoms with van der Waals surface area (Å²) in [4.78, 5) is 24.8. The molecule has 0 spiro atoms. The Bertz CT molecular complexity index is 1250. The molecule has 1 aliphatic rings. The standard InChI is InChI=1S/C27H27FN4O/c28-25-5-3-20(17-24(25)22-4-6-26-23(18-22)9-12-30-26)19-32(16-15-31-13-1-2-14-31)27(33)21-7-10-29-11-8-21/h3-12,17-18,30H,1-2,13-16,19H2. The highest BCUT2D eigenvalue weighted by atomic mass is 19.1. The van der Waals surface area contributed by atoms with Gasteiger partial charge in [-0.3, -0.25) is 9.78 Å². The Kier molecular flexibility index (Phi) is 6.17. The highest BCUT2D eigenvalue weighted by Gasteiger charge is 2.20. The van der Waals surface area contributed by atoms with Crippen LogP contribution in [0, 0.1) is 5.82 Å². The lowest BCUT2D eigenvalue weighted by Gasteiger charge is -2.26. The van der Waals surface area contributed by atoms with Gasteiger partial charge in [-0.2, -0.15) is 0 Å². The zero-order valence-electron chi connectivity index (χ0n) is 18.5. The highest BCUT2D eigenvalue weighted by Crippen LogP contribution is 2.28. The molecule has 0 unspecified atom stereocenters. The van der Waals surface area contributed by atoms with Gasteiger partial charge < -0.3 is 14.8 Å². The molecule has 5 rings (SSSR count). The lowest BCUT2D eigenvalue weighted by atomic mass is 10.0. The number of hydrogen-bond donors (Lipinski definition) is 1. The minimum atomic E-state index is -0.266. The van der Waals surface area contributed by atoms with Crippen molar-refractivity contribution in [3.8, 4) is 11.1 Å². The number of likely N-dealkylation sites (tertiary alicyclic amines) is 1. The van der Waals surface area contributed by atoms with E-state index in [0.29, 0.717) is 24.2 Å². The van der Waals surface area contributed by atoms with Gasteiger partial charge in [0.25, 0.3) is 5.91 Å². The van der Waals surface area contributed by atoms with Crippen molar-refractivity contribution in [3.05, 3.63) is 90.1 Å². The molecular formula is C27H27FN4O. The number of aromatic amines is 1. The topological polar surface area (TPSA) is 52.2 Å². The van der Waals surface area contributed by atoms with Crippen LogP contribution in [0.25, 0.3) is 22.0 Å². The predicted molar refractivity (Wildman–Crippen MR) is 128 cm³/mol. The van der Waals surface area contributed by atoms with E-state index in [1.165, 1.54) is 18.9 Å². The number of hydrogen-bond acceptors (Lipinski definition) is 3. The Morgan fingerprint density at radius 3 is 2.67 bits per heavy atom. The Balaban J connectivity index is 1.41. The first-order valence-corrected chi connectivity index (χ1v) is 11.4. The maximum Gasteiger partial charge on any atom is 0.254 e. The van der Waals surface area contributed by atoms with Crippen LogP contribution in [0.1, 0.15) is 28.8 Å². The lowest BCUT2D eigenvalue weighted by molar-refractivity contribution is 0.0727. The molecular weight excluding hydrogens is 415 g/mol. The maximum absolute atomic E-state index is 14.8. The normalized spacial score (nSPS) is 14.1. The van der Waals surface area contributed by atoms with Gasteiger partial charge in [0, 0.05) is 54.9 Å². The van der Waals surface area contributed by atoms with Crippen molar-refractivity contribution < 1.29 is 9.18 Å². The largest absolute Gasteiger partial charge is 0.361 e. The predicted octanol–water partition coefficient (Wildman–Crippen LogP) is 5.11. The number of amides is 1.